The van der Waals surface area contributed by atoms with Crippen LogP contribution in [0.25, 0.3) is 12.2 Å². The molecule has 1 aromatic heterocycles. The summed E-state index contributed by atoms with van der Waals surface area (Å²) in [6.45, 7) is 9.46. The summed E-state index contributed by atoms with van der Waals surface area (Å²) in [7, 11) is 0. The Hall–Kier alpha value is -2.66. The number of amides is 1. The molecule has 5 heteroatoms. The molecular weight excluding hydrogens is 276 g/mol. The van der Waals surface area contributed by atoms with E-state index in [1.807, 2.05) is 18.3 Å². The van der Waals surface area contributed by atoms with Crippen LogP contribution in [-0.4, -0.2) is 22.4 Å². The Balaban J connectivity index is 0.000000287. The van der Waals surface area contributed by atoms with Crippen molar-refractivity contribution in [2.45, 2.75) is 13.3 Å². The minimum atomic E-state index is -0.212. The maximum Gasteiger partial charge on any atom is 0.238 e. The predicted molar refractivity (Wildman–Crippen MR) is 92.3 cm³/mol. The van der Waals surface area contributed by atoms with Crippen LogP contribution < -0.4 is 11.1 Å². The molecule has 5 nitrogen and oxygen atoms in total. The van der Waals surface area contributed by atoms with Gasteiger partial charge >= 0.3 is 0 Å². The van der Waals surface area contributed by atoms with Crippen LogP contribution in [0.1, 0.15) is 23.7 Å². The van der Waals surface area contributed by atoms with Crippen LogP contribution in [0.3, 0.4) is 0 Å². The van der Waals surface area contributed by atoms with Gasteiger partial charge < -0.3 is 16.0 Å². The number of imidazole rings is 1. The fraction of sp³-hybridized carbons (Fsp3) is 0.176. The van der Waals surface area contributed by atoms with E-state index in [1.165, 1.54) is 5.69 Å². The molecule has 0 atom stereocenters. The molecule has 0 fully saturated rings. The smallest absolute Gasteiger partial charge is 0.238 e. The minimum absolute atomic E-state index is 0.0212. The highest BCUT2D eigenvalue weighted by molar-refractivity contribution is 5.92. The zero-order valence-corrected chi connectivity index (χ0v) is 12.8. The fourth-order valence-electron chi connectivity index (χ4n) is 1.71. The molecule has 4 N–H and O–H groups in total. The summed E-state index contributed by atoms with van der Waals surface area (Å²) >= 11 is 0. The molecule has 1 heterocycles. The third-order valence-corrected chi connectivity index (χ3v) is 2.93. The van der Waals surface area contributed by atoms with Crippen LogP contribution in [0.2, 0.25) is 0 Å². The first-order valence-electron chi connectivity index (χ1n) is 7.00. The van der Waals surface area contributed by atoms with Crippen molar-refractivity contribution in [3.8, 4) is 0 Å². The molecule has 0 aliphatic carbocycles. The number of hydrogen-bond donors (Lipinski definition) is 3. The van der Waals surface area contributed by atoms with E-state index >= 15 is 0 Å². The van der Waals surface area contributed by atoms with Gasteiger partial charge in [-0.15, -0.1) is 0 Å². The summed E-state index contributed by atoms with van der Waals surface area (Å²) in [6.07, 6.45) is 8.03. The highest BCUT2D eigenvalue weighted by Crippen LogP contribution is 2.17. The molecule has 1 aromatic carbocycles. The second-order valence-corrected chi connectivity index (χ2v) is 4.43. The van der Waals surface area contributed by atoms with E-state index in [-0.39, 0.29) is 12.5 Å². The molecule has 1 amide bonds. The number of rotatable bonds is 5. The highest BCUT2D eigenvalue weighted by Gasteiger charge is 2.01. The highest BCUT2D eigenvalue weighted by atomic mass is 16.1. The zero-order chi connectivity index (χ0) is 16.4. The lowest BCUT2D eigenvalue weighted by Crippen LogP contribution is -2.21. The van der Waals surface area contributed by atoms with Gasteiger partial charge in [-0.25, -0.2) is 4.98 Å². The van der Waals surface area contributed by atoms with Crippen molar-refractivity contribution in [2.75, 3.05) is 11.9 Å². The SMILES string of the molecule is C=Cc1ccc(NC(=O)CN)cc1C=C.CCc1cnc[nH]1. The lowest BCUT2D eigenvalue weighted by atomic mass is 10.1. The second kappa shape index (κ2) is 9.31. The monoisotopic (exact) mass is 298 g/mol. The van der Waals surface area contributed by atoms with Gasteiger partial charge in [0.05, 0.1) is 12.9 Å². The lowest BCUT2D eigenvalue weighted by Gasteiger charge is -2.06. The minimum Gasteiger partial charge on any atom is -0.349 e. The van der Waals surface area contributed by atoms with Gasteiger partial charge in [-0.05, 0) is 29.7 Å². The number of nitrogens with one attached hydrogen (secondary N) is 2. The van der Waals surface area contributed by atoms with E-state index in [1.54, 1.807) is 24.5 Å². The summed E-state index contributed by atoms with van der Waals surface area (Å²) in [6, 6.07) is 5.51. The number of aromatic amines is 1. The molecule has 22 heavy (non-hydrogen) atoms. The van der Waals surface area contributed by atoms with Crippen molar-refractivity contribution < 1.29 is 4.79 Å². The van der Waals surface area contributed by atoms with Crippen LogP contribution in [0.15, 0.2) is 43.9 Å². The van der Waals surface area contributed by atoms with Crippen molar-refractivity contribution in [3.63, 3.8) is 0 Å². The number of H-pyrrole nitrogens is 1. The molecular formula is C17H22N4O. The van der Waals surface area contributed by atoms with Gasteiger partial charge in [0.1, 0.15) is 0 Å². The van der Waals surface area contributed by atoms with E-state index in [2.05, 4.69) is 35.4 Å². The van der Waals surface area contributed by atoms with Crippen LogP contribution in [0.5, 0.6) is 0 Å². The summed E-state index contributed by atoms with van der Waals surface area (Å²) in [4.78, 5) is 17.9. The van der Waals surface area contributed by atoms with Gasteiger partial charge in [-0.1, -0.05) is 38.3 Å². The third kappa shape index (κ3) is 5.38. The number of carbonyl (C=O) groups excluding carboxylic acids is 1. The molecule has 0 saturated heterocycles. The van der Waals surface area contributed by atoms with Crippen LogP contribution in [0, 0.1) is 0 Å². The summed E-state index contributed by atoms with van der Waals surface area (Å²) in [5.41, 5.74) is 9.02. The average Bonchev–Trinajstić information content (AvgIpc) is 3.08. The molecule has 0 bridgehead atoms. The quantitative estimate of drug-likeness (QED) is 0.793. The lowest BCUT2D eigenvalue weighted by molar-refractivity contribution is -0.114. The molecule has 0 aliphatic heterocycles. The van der Waals surface area contributed by atoms with E-state index in [4.69, 9.17) is 5.73 Å². The Morgan fingerprint density at radius 1 is 1.36 bits per heavy atom. The van der Waals surface area contributed by atoms with Crippen LogP contribution in [0.4, 0.5) is 5.69 Å². The Bertz CT molecular complexity index is 618. The van der Waals surface area contributed by atoms with Gasteiger partial charge in [-0.3, -0.25) is 4.79 Å². The van der Waals surface area contributed by atoms with Crippen LogP contribution >= 0.6 is 0 Å². The Morgan fingerprint density at radius 2 is 2.09 bits per heavy atom. The first-order chi connectivity index (χ1) is 10.6. The van der Waals surface area contributed by atoms with Crippen molar-refractivity contribution >= 4 is 23.7 Å². The van der Waals surface area contributed by atoms with Crippen molar-refractivity contribution in [1.82, 2.24) is 9.97 Å². The van der Waals surface area contributed by atoms with Crippen LogP contribution in [-0.2, 0) is 11.2 Å². The molecule has 0 spiro atoms. The van der Waals surface area contributed by atoms with Crippen molar-refractivity contribution in [1.29, 1.82) is 0 Å². The fourth-order valence-corrected chi connectivity index (χ4v) is 1.71. The van der Waals surface area contributed by atoms with E-state index in [0.717, 1.165) is 17.5 Å². The molecule has 0 aliphatic rings. The second-order valence-electron chi connectivity index (χ2n) is 4.43. The number of carbonyl (C=O) groups is 1. The van der Waals surface area contributed by atoms with E-state index < -0.39 is 0 Å². The average molecular weight is 298 g/mol. The Labute approximate surface area is 131 Å². The largest absolute Gasteiger partial charge is 0.349 e. The van der Waals surface area contributed by atoms with Crippen molar-refractivity contribution in [3.05, 3.63) is 60.7 Å². The first kappa shape index (κ1) is 17.4. The predicted octanol–water partition coefficient (Wildman–Crippen LogP) is 2.84. The standard InChI is InChI=1S/C12H14N2O.C5H8N2/c1-3-9-5-6-11(7-10(9)4-2)14-12(15)8-13;1-2-5-3-6-4-7-5/h3-7H,1-2,8,13H2,(H,14,15);3-4H,2H2,1H3,(H,6,7). The number of benzene rings is 1. The number of nitrogens with zero attached hydrogens (tertiary/aromatic N) is 1. The molecule has 2 aromatic rings. The summed E-state index contributed by atoms with van der Waals surface area (Å²) < 4.78 is 0. The summed E-state index contributed by atoms with van der Waals surface area (Å²) in [5.74, 6) is -0.212. The molecule has 0 saturated carbocycles. The molecule has 0 unspecified atom stereocenters. The number of hydrogen-bond acceptors (Lipinski definition) is 3. The van der Waals surface area contributed by atoms with Gasteiger partial charge in [-0.2, -0.15) is 0 Å². The first-order valence-corrected chi connectivity index (χ1v) is 7.00. The maximum atomic E-state index is 11.1. The maximum absolute atomic E-state index is 11.1. The third-order valence-electron chi connectivity index (χ3n) is 2.93. The normalized spacial score (nSPS) is 9.36. The van der Waals surface area contributed by atoms with Gasteiger partial charge in [0.2, 0.25) is 5.91 Å². The van der Waals surface area contributed by atoms with Gasteiger partial charge in [0.25, 0.3) is 0 Å². The van der Waals surface area contributed by atoms with Crippen molar-refractivity contribution in [2.24, 2.45) is 5.73 Å². The number of nitrogens with two attached hydrogens (primary N) is 1. The van der Waals surface area contributed by atoms with Gasteiger partial charge in [0, 0.05) is 17.6 Å². The van der Waals surface area contributed by atoms with E-state index in [0.29, 0.717) is 5.69 Å². The molecule has 2 rings (SSSR count). The van der Waals surface area contributed by atoms with E-state index in [9.17, 15) is 4.79 Å². The number of aryl methyl sites for hydroxylation is 1. The Morgan fingerprint density at radius 3 is 2.55 bits per heavy atom. The number of anilines is 1. The zero-order valence-electron chi connectivity index (χ0n) is 12.8. The summed E-state index contributed by atoms with van der Waals surface area (Å²) in [5, 5.41) is 2.67. The molecule has 0 radical (unpaired) electrons. The van der Waals surface area contributed by atoms with Gasteiger partial charge in [0.15, 0.2) is 0 Å². The Kier molecular flexibility index (Phi) is 7.36. The number of aromatic nitrogens is 2. The molecule has 116 valence electrons. The topological polar surface area (TPSA) is 83.8 Å².